The van der Waals surface area contributed by atoms with Crippen LogP contribution in [-0.4, -0.2) is 78.2 Å². The van der Waals surface area contributed by atoms with Crippen molar-refractivity contribution in [3.8, 4) is 0 Å². The summed E-state index contributed by atoms with van der Waals surface area (Å²) >= 11 is 0. The molecule has 0 amide bonds. The summed E-state index contributed by atoms with van der Waals surface area (Å²) in [5.74, 6) is 0. The Bertz CT molecular complexity index is 1170. The summed E-state index contributed by atoms with van der Waals surface area (Å²) in [6, 6.07) is 0. The van der Waals surface area contributed by atoms with Gasteiger partial charge in [0.25, 0.3) is 0 Å². The van der Waals surface area contributed by atoms with Crippen LogP contribution in [0.1, 0.15) is 65.8 Å². The van der Waals surface area contributed by atoms with Crippen molar-refractivity contribution in [1.82, 2.24) is 50.9 Å². The van der Waals surface area contributed by atoms with Gasteiger partial charge in [-0.05, 0) is 54.4 Å². The van der Waals surface area contributed by atoms with Crippen LogP contribution in [0.15, 0.2) is 24.3 Å². The minimum Gasteiger partial charge on any atom is -0.359 e. The molecular formula is C22H40N10O5S. The van der Waals surface area contributed by atoms with E-state index in [1.807, 2.05) is 22.1 Å². The molecule has 2 aromatic rings. The van der Waals surface area contributed by atoms with Crippen LogP contribution in [0, 0.1) is 0 Å². The largest absolute Gasteiger partial charge is 0.397 e. The van der Waals surface area contributed by atoms with E-state index in [4.69, 9.17) is 9.29 Å². The van der Waals surface area contributed by atoms with Gasteiger partial charge in [0.05, 0.1) is 41.6 Å². The average Bonchev–Trinajstić information content (AvgIpc) is 3.53. The lowest BCUT2D eigenvalue weighted by atomic mass is 10.1. The van der Waals surface area contributed by atoms with Crippen LogP contribution in [0.3, 0.4) is 0 Å². The van der Waals surface area contributed by atoms with Gasteiger partial charge in [-0.3, -0.25) is 14.5 Å². The molecule has 1 aliphatic rings. The van der Waals surface area contributed by atoms with Gasteiger partial charge in [-0.15, -0.1) is 15.7 Å². The van der Waals surface area contributed by atoms with Gasteiger partial charge in [-0.2, -0.15) is 8.42 Å². The maximum atomic E-state index is 10.5. The third kappa shape index (κ3) is 9.92. The highest BCUT2D eigenvalue weighted by molar-refractivity contribution is 7.80. The summed E-state index contributed by atoms with van der Waals surface area (Å²) in [5, 5.41) is 19.1. The van der Waals surface area contributed by atoms with E-state index >= 15 is 0 Å². The molecule has 15 nitrogen and oxygen atoms in total. The predicted octanol–water partition coefficient (Wildman–Crippen LogP) is 1.17. The Morgan fingerprint density at radius 1 is 0.947 bits per heavy atom. The second kappa shape index (κ2) is 12.5. The van der Waals surface area contributed by atoms with E-state index in [9.17, 15) is 8.42 Å². The maximum Gasteiger partial charge on any atom is 0.397 e. The smallest absolute Gasteiger partial charge is 0.359 e. The molecule has 16 heteroatoms. The maximum absolute atomic E-state index is 10.5. The number of ether oxygens (including phenoxy) is 1. The zero-order chi connectivity index (χ0) is 28.0. The molecule has 214 valence electrons. The number of hydrogen-bond acceptors (Lipinski definition) is 12. The Labute approximate surface area is 224 Å². The first kappa shape index (κ1) is 29.9. The first-order valence-corrected chi connectivity index (χ1v) is 13.8. The van der Waals surface area contributed by atoms with E-state index < -0.39 is 10.4 Å². The quantitative estimate of drug-likeness (QED) is 0.224. The fraction of sp³-hybridized carbons (Fsp3) is 0.727. The fourth-order valence-electron chi connectivity index (χ4n) is 3.46. The van der Waals surface area contributed by atoms with Gasteiger partial charge in [0, 0.05) is 38.0 Å². The van der Waals surface area contributed by atoms with Crippen molar-refractivity contribution in [1.29, 1.82) is 0 Å². The van der Waals surface area contributed by atoms with Crippen molar-refractivity contribution in [2.45, 2.75) is 85.3 Å². The molecule has 0 fully saturated rings. The molecule has 0 atom stereocenters. The molecule has 0 saturated carbocycles. The monoisotopic (exact) mass is 556 g/mol. The van der Waals surface area contributed by atoms with Crippen LogP contribution in [0.25, 0.3) is 0 Å². The normalized spacial score (nSPS) is 14.8. The fourth-order valence-corrected chi connectivity index (χ4v) is 3.79. The second-order valence-corrected chi connectivity index (χ2v) is 12.2. The zero-order valence-corrected chi connectivity index (χ0v) is 23.8. The minimum absolute atomic E-state index is 0.0821. The van der Waals surface area contributed by atoms with Crippen LogP contribution in [0.4, 0.5) is 0 Å². The standard InChI is InChI=1S/C22H40N10O5S/c1-21(2,3)31-15-19(24-27-31)12-29(13-20-16-32(28-25-20)22(4,5)6)11-18-14-30(26-23-18)17-36-9-7-8-10-37-38(33,34)35/h14-16,24,27H,7-13,17H2,1-6H3,(H,33,34,35). The van der Waals surface area contributed by atoms with Gasteiger partial charge in [0.2, 0.25) is 0 Å². The molecule has 0 radical (unpaired) electrons. The Hall–Kier alpha value is -2.63. The number of rotatable bonds is 14. The summed E-state index contributed by atoms with van der Waals surface area (Å²) < 4.78 is 42.9. The van der Waals surface area contributed by atoms with Gasteiger partial charge >= 0.3 is 10.4 Å². The highest BCUT2D eigenvalue weighted by Crippen LogP contribution is 2.17. The SMILES string of the molecule is CC(C)(C)N1C=C(CN(Cc2cn(COCCCCOS(=O)(=O)O)nn2)Cc2cn(C(C)(C)C)nn2)NN1. The van der Waals surface area contributed by atoms with Crippen molar-refractivity contribution in [3.63, 3.8) is 0 Å². The number of nitrogens with one attached hydrogen (secondary N) is 2. The molecule has 3 rings (SSSR count). The lowest BCUT2D eigenvalue weighted by molar-refractivity contribution is 0.0629. The van der Waals surface area contributed by atoms with Crippen LogP contribution in [0.2, 0.25) is 0 Å². The highest BCUT2D eigenvalue weighted by Gasteiger charge is 2.25. The molecule has 0 saturated heterocycles. The van der Waals surface area contributed by atoms with E-state index in [1.165, 1.54) is 0 Å². The summed E-state index contributed by atoms with van der Waals surface area (Å²) in [4.78, 5) is 2.20. The molecule has 0 unspecified atom stereocenters. The molecular weight excluding hydrogens is 516 g/mol. The van der Waals surface area contributed by atoms with Crippen molar-refractivity contribution >= 4 is 10.4 Å². The zero-order valence-electron chi connectivity index (χ0n) is 23.0. The first-order valence-electron chi connectivity index (χ1n) is 12.4. The first-order chi connectivity index (χ1) is 17.7. The van der Waals surface area contributed by atoms with E-state index in [2.05, 4.69) is 88.4 Å². The number of unbranched alkanes of at least 4 members (excludes halogenated alkanes) is 1. The van der Waals surface area contributed by atoms with Crippen molar-refractivity contribution in [2.75, 3.05) is 19.8 Å². The van der Waals surface area contributed by atoms with Gasteiger partial charge in [-0.25, -0.2) is 13.5 Å². The lowest BCUT2D eigenvalue weighted by Crippen LogP contribution is -2.47. The van der Waals surface area contributed by atoms with Crippen molar-refractivity contribution in [3.05, 3.63) is 35.7 Å². The Kier molecular flexibility index (Phi) is 9.83. The summed E-state index contributed by atoms with van der Waals surface area (Å²) in [5.41, 5.74) is 8.83. The van der Waals surface area contributed by atoms with Crippen LogP contribution in [0.5, 0.6) is 0 Å². The van der Waals surface area contributed by atoms with Gasteiger partial charge in [0.15, 0.2) is 0 Å². The molecule has 38 heavy (non-hydrogen) atoms. The third-order valence-electron chi connectivity index (χ3n) is 5.46. The van der Waals surface area contributed by atoms with Gasteiger partial charge < -0.3 is 10.2 Å². The van der Waals surface area contributed by atoms with E-state index in [0.717, 1.165) is 17.1 Å². The summed E-state index contributed by atoms with van der Waals surface area (Å²) in [6.07, 6.45) is 6.86. The molecule has 0 bridgehead atoms. The number of hydrogen-bond donors (Lipinski definition) is 3. The molecule has 0 spiro atoms. The lowest BCUT2D eigenvalue weighted by Gasteiger charge is -2.30. The Balaban J connectivity index is 1.57. The number of nitrogens with zero attached hydrogens (tertiary/aromatic N) is 8. The summed E-state index contributed by atoms with van der Waals surface area (Å²) in [6.45, 7) is 14.8. The van der Waals surface area contributed by atoms with E-state index in [-0.39, 0.29) is 24.4 Å². The Morgan fingerprint density at radius 3 is 2.21 bits per heavy atom. The van der Waals surface area contributed by atoms with Gasteiger partial charge in [0.1, 0.15) is 6.73 Å². The number of aromatic nitrogens is 6. The van der Waals surface area contributed by atoms with Crippen LogP contribution >= 0.6 is 0 Å². The molecule has 3 heterocycles. The topological polar surface area (TPSA) is 165 Å². The van der Waals surface area contributed by atoms with Crippen molar-refractivity contribution < 1.29 is 21.9 Å². The molecule has 2 aromatic heterocycles. The van der Waals surface area contributed by atoms with Gasteiger partial charge in [-0.1, -0.05) is 10.4 Å². The van der Waals surface area contributed by atoms with Crippen molar-refractivity contribution in [2.24, 2.45) is 0 Å². The van der Waals surface area contributed by atoms with Crippen LogP contribution < -0.4 is 11.0 Å². The average molecular weight is 557 g/mol. The third-order valence-corrected chi connectivity index (χ3v) is 5.93. The minimum atomic E-state index is -4.40. The van der Waals surface area contributed by atoms with E-state index in [0.29, 0.717) is 39.1 Å². The molecule has 0 aliphatic carbocycles. The highest BCUT2D eigenvalue weighted by atomic mass is 32.3. The molecule has 3 N–H and O–H groups in total. The second-order valence-electron chi connectivity index (χ2n) is 11.1. The van der Waals surface area contributed by atoms with Crippen LogP contribution in [-0.2, 0) is 44.7 Å². The predicted molar refractivity (Wildman–Crippen MR) is 138 cm³/mol. The molecule has 1 aliphatic heterocycles. The van der Waals surface area contributed by atoms with E-state index in [1.54, 1.807) is 4.68 Å². The number of hydrazine groups is 2. The Morgan fingerprint density at radius 2 is 1.61 bits per heavy atom. The summed E-state index contributed by atoms with van der Waals surface area (Å²) in [7, 11) is -4.40. The molecule has 0 aromatic carbocycles.